The molecule has 0 saturated carbocycles. The van der Waals surface area contributed by atoms with Crippen LogP contribution in [0.3, 0.4) is 0 Å². The molecule has 2 aromatic carbocycles. The molecule has 0 radical (unpaired) electrons. The summed E-state index contributed by atoms with van der Waals surface area (Å²) < 4.78 is 17.8. The summed E-state index contributed by atoms with van der Waals surface area (Å²) in [4.78, 5) is 12.6. The van der Waals surface area contributed by atoms with Gasteiger partial charge in [0, 0.05) is 11.1 Å². The zero-order valence-electron chi connectivity index (χ0n) is 15.9. The average molecular weight is 363 g/mol. The highest BCUT2D eigenvalue weighted by atomic mass is 16.7. The molecule has 1 aromatic heterocycles. The highest BCUT2D eigenvalue weighted by Crippen LogP contribution is 2.36. The first kappa shape index (κ1) is 17.8. The minimum Gasteiger partial charge on any atom is -0.451 e. The van der Waals surface area contributed by atoms with E-state index >= 15 is 0 Å². The van der Waals surface area contributed by atoms with E-state index in [0.717, 1.165) is 10.8 Å². The van der Waals surface area contributed by atoms with Gasteiger partial charge in [0.05, 0.1) is 11.2 Å². The molecule has 1 saturated heterocycles. The van der Waals surface area contributed by atoms with Crippen molar-refractivity contribution in [3.8, 4) is 0 Å². The zero-order chi connectivity index (χ0) is 19.2. The largest absolute Gasteiger partial charge is 0.494 e. The fourth-order valence-electron chi connectivity index (χ4n) is 3.03. The highest BCUT2D eigenvalue weighted by Gasteiger charge is 2.51. The lowest BCUT2D eigenvalue weighted by Gasteiger charge is -2.32. The molecule has 138 valence electrons. The fraction of sp³-hybridized carbons (Fsp3) is 0.286. The third-order valence-corrected chi connectivity index (χ3v) is 5.32. The molecule has 0 aliphatic carbocycles. The maximum absolute atomic E-state index is 12.6. The molecule has 0 bridgehead atoms. The molecule has 3 aromatic rings. The summed E-state index contributed by atoms with van der Waals surface area (Å²) in [6, 6.07) is 16.8. The van der Waals surface area contributed by atoms with Gasteiger partial charge in [0.1, 0.15) is 5.58 Å². The van der Waals surface area contributed by atoms with E-state index in [1.54, 1.807) is 6.07 Å². The van der Waals surface area contributed by atoms with Crippen LogP contribution in [0.5, 0.6) is 0 Å². The monoisotopic (exact) mass is 363 g/mol. The molecular weight excluding hydrogens is 341 g/mol. The Morgan fingerprint density at radius 2 is 1.63 bits per heavy atom. The Kier molecular flexibility index (Phi) is 4.13. The molecule has 6 heteroatoms. The van der Waals surface area contributed by atoms with Gasteiger partial charge in [0.25, 0.3) is 5.91 Å². The van der Waals surface area contributed by atoms with Crippen LogP contribution in [0.4, 0.5) is 5.69 Å². The van der Waals surface area contributed by atoms with Crippen molar-refractivity contribution in [1.82, 2.24) is 0 Å². The minimum absolute atomic E-state index is 0.275. The van der Waals surface area contributed by atoms with Crippen LogP contribution in [0.15, 0.2) is 59.0 Å². The Balaban J connectivity index is 1.54. The van der Waals surface area contributed by atoms with Crippen molar-refractivity contribution in [2.45, 2.75) is 38.9 Å². The molecule has 1 fully saturated rings. The van der Waals surface area contributed by atoms with Gasteiger partial charge in [-0.05, 0) is 57.4 Å². The van der Waals surface area contributed by atoms with Gasteiger partial charge >= 0.3 is 7.12 Å². The Labute approximate surface area is 158 Å². The van der Waals surface area contributed by atoms with E-state index in [-0.39, 0.29) is 11.7 Å². The summed E-state index contributed by atoms with van der Waals surface area (Å²) in [6.07, 6.45) is 0. The second kappa shape index (κ2) is 6.25. The molecule has 0 spiro atoms. The SMILES string of the molecule is CC1(C)OB(c2cccc(NC(=O)c3cc4ccccc4o3)c2)OC1(C)C. The molecular formula is C21H22BNO4. The fourth-order valence-corrected chi connectivity index (χ4v) is 3.03. The summed E-state index contributed by atoms with van der Waals surface area (Å²) in [5.74, 6) is -0.0190. The quantitative estimate of drug-likeness (QED) is 0.715. The molecule has 5 nitrogen and oxygen atoms in total. The van der Waals surface area contributed by atoms with Crippen molar-refractivity contribution >= 4 is 35.1 Å². The topological polar surface area (TPSA) is 60.7 Å². The van der Waals surface area contributed by atoms with Gasteiger partial charge in [-0.15, -0.1) is 0 Å². The molecule has 0 unspecified atom stereocenters. The van der Waals surface area contributed by atoms with Crippen molar-refractivity contribution < 1.29 is 18.5 Å². The molecule has 4 rings (SSSR count). The van der Waals surface area contributed by atoms with Crippen LogP contribution in [0.2, 0.25) is 0 Å². The lowest BCUT2D eigenvalue weighted by molar-refractivity contribution is 0.00578. The Hall–Kier alpha value is -2.57. The molecule has 1 aliphatic heterocycles. The van der Waals surface area contributed by atoms with Crippen molar-refractivity contribution in [3.63, 3.8) is 0 Å². The van der Waals surface area contributed by atoms with E-state index in [2.05, 4.69) is 5.32 Å². The number of amides is 1. The summed E-state index contributed by atoms with van der Waals surface area (Å²) in [5.41, 5.74) is 1.38. The van der Waals surface area contributed by atoms with Crippen LogP contribution < -0.4 is 10.8 Å². The number of fused-ring (bicyclic) bond motifs is 1. The Morgan fingerprint density at radius 1 is 0.926 bits per heavy atom. The second-order valence-corrected chi connectivity index (χ2v) is 7.82. The number of furan rings is 1. The van der Waals surface area contributed by atoms with Gasteiger partial charge in [-0.1, -0.05) is 30.3 Å². The van der Waals surface area contributed by atoms with E-state index in [9.17, 15) is 4.79 Å². The minimum atomic E-state index is -0.474. The first-order chi connectivity index (χ1) is 12.7. The third-order valence-electron chi connectivity index (χ3n) is 5.32. The van der Waals surface area contributed by atoms with E-state index in [0.29, 0.717) is 11.3 Å². The molecule has 0 atom stereocenters. The van der Waals surface area contributed by atoms with Crippen molar-refractivity contribution in [2.24, 2.45) is 0 Å². The predicted molar refractivity (Wildman–Crippen MR) is 106 cm³/mol. The molecule has 1 amide bonds. The average Bonchev–Trinajstić information content (AvgIpc) is 3.13. The van der Waals surface area contributed by atoms with E-state index in [1.165, 1.54) is 0 Å². The van der Waals surface area contributed by atoms with Crippen molar-refractivity contribution in [1.29, 1.82) is 0 Å². The number of para-hydroxylation sites is 1. The van der Waals surface area contributed by atoms with Crippen LogP contribution in [0, 0.1) is 0 Å². The maximum Gasteiger partial charge on any atom is 0.494 e. The molecule has 27 heavy (non-hydrogen) atoms. The second-order valence-electron chi connectivity index (χ2n) is 7.82. The van der Waals surface area contributed by atoms with Crippen LogP contribution in [0.1, 0.15) is 38.2 Å². The molecule has 1 N–H and O–H groups in total. The predicted octanol–water partition coefficient (Wildman–Crippen LogP) is 3.98. The number of carbonyl (C=O) groups is 1. The van der Waals surface area contributed by atoms with Gasteiger partial charge in [-0.25, -0.2) is 0 Å². The number of nitrogens with one attached hydrogen (secondary N) is 1. The first-order valence-corrected chi connectivity index (χ1v) is 9.01. The number of rotatable bonds is 3. The van der Waals surface area contributed by atoms with Gasteiger partial charge in [-0.2, -0.15) is 0 Å². The number of benzene rings is 2. The summed E-state index contributed by atoms with van der Waals surface area (Å²) in [5, 5.41) is 3.78. The third kappa shape index (κ3) is 3.26. The van der Waals surface area contributed by atoms with Gasteiger partial charge in [-0.3, -0.25) is 4.79 Å². The number of hydrogen-bond acceptors (Lipinski definition) is 4. The standard InChI is InChI=1S/C21H22BNO4/c1-20(2)21(3,4)27-22(26-20)15-9-7-10-16(13-15)23-19(24)18-12-14-8-5-6-11-17(14)25-18/h5-13H,1-4H3,(H,23,24). The molecule has 2 heterocycles. The molecule has 1 aliphatic rings. The zero-order valence-corrected chi connectivity index (χ0v) is 15.9. The Bertz CT molecular complexity index is 959. The number of carbonyl (C=O) groups excluding carboxylic acids is 1. The Morgan fingerprint density at radius 3 is 2.33 bits per heavy atom. The summed E-state index contributed by atoms with van der Waals surface area (Å²) in [6.45, 7) is 8.06. The number of hydrogen-bond donors (Lipinski definition) is 1. The first-order valence-electron chi connectivity index (χ1n) is 9.01. The van der Waals surface area contributed by atoms with E-state index < -0.39 is 18.3 Å². The van der Waals surface area contributed by atoms with E-state index in [4.69, 9.17) is 13.7 Å². The van der Waals surface area contributed by atoms with Crippen LogP contribution >= 0.6 is 0 Å². The van der Waals surface area contributed by atoms with Crippen LogP contribution in [0.25, 0.3) is 11.0 Å². The summed E-state index contributed by atoms with van der Waals surface area (Å²) >= 11 is 0. The normalized spacial score (nSPS) is 18.0. The van der Waals surface area contributed by atoms with Gasteiger partial charge < -0.3 is 19.0 Å². The van der Waals surface area contributed by atoms with Crippen molar-refractivity contribution in [3.05, 3.63) is 60.4 Å². The van der Waals surface area contributed by atoms with E-state index in [1.807, 2.05) is 76.2 Å². The number of anilines is 1. The van der Waals surface area contributed by atoms with Crippen LogP contribution in [-0.2, 0) is 9.31 Å². The van der Waals surface area contributed by atoms with Gasteiger partial charge in [0.15, 0.2) is 5.76 Å². The smallest absolute Gasteiger partial charge is 0.451 e. The lowest BCUT2D eigenvalue weighted by Crippen LogP contribution is -2.41. The maximum atomic E-state index is 12.6. The summed E-state index contributed by atoms with van der Waals surface area (Å²) in [7, 11) is -0.474. The van der Waals surface area contributed by atoms with Gasteiger partial charge in [0.2, 0.25) is 0 Å². The van der Waals surface area contributed by atoms with Crippen LogP contribution in [-0.4, -0.2) is 24.2 Å². The lowest BCUT2D eigenvalue weighted by atomic mass is 9.79. The van der Waals surface area contributed by atoms with Crippen molar-refractivity contribution in [2.75, 3.05) is 5.32 Å². The highest BCUT2D eigenvalue weighted by molar-refractivity contribution is 6.62.